The van der Waals surface area contributed by atoms with Crippen molar-refractivity contribution in [3.63, 3.8) is 0 Å². The minimum absolute atomic E-state index is 0.272. The molecular weight excluding hydrogens is 345 g/mol. The highest BCUT2D eigenvalue weighted by Gasteiger charge is 2.19. The van der Waals surface area contributed by atoms with Crippen molar-refractivity contribution < 1.29 is 22.9 Å². The summed E-state index contributed by atoms with van der Waals surface area (Å²) in [6.45, 7) is 1.43. The first-order chi connectivity index (χ1) is 11.8. The molecule has 0 saturated carbocycles. The van der Waals surface area contributed by atoms with Crippen molar-refractivity contribution in [1.29, 1.82) is 0 Å². The number of carbonyl (C=O) groups is 2. The molecule has 0 saturated heterocycles. The number of ether oxygens (including phenoxy) is 1. The molecule has 2 unspecified atom stereocenters. The van der Waals surface area contributed by atoms with E-state index < -0.39 is 34.6 Å². The topological polar surface area (TPSA) is 72.5 Å². The average molecular weight is 363 g/mol. The van der Waals surface area contributed by atoms with Crippen LogP contribution in [0.1, 0.15) is 22.8 Å². The SMILES string of the molecule is CC(OC(=O)c1cccc(CS(C)=O)c1)C(=O)Nc1cccc(F)c1. The van der Waals surface area contributed by atoms with Crippen LogP contribution >= 0.6 is 0 Å². The maximum Gasteiger partial charge on any atom is 0.338 e. The number of benzene rings is 2. The molecule has 0 fully saturated rings. The van der Waals surface area contributed by atoms with Gasteiger partial charge >= 0.3 is 5.97 Å². The highest BCUT2D eigenvalue weighted by Crippen LogP contribution is 2.12. The fourth-order valence-electron chi connectivity index (χ4n) is 2.12. The van der Waals surface area contributed by atoms with Gasteiger partial charge in [0.05, 0.1) is 5.56 Å². The molecule has 25 heavy (non-hydrogen) atoms. The van der Waals surface area contributed by atoms with Crippen LogP contribution in [0, 0.1) is 5.82 Å². The number of anilines is 1. The Bertz CT molecular complexity index is 809. The quantitative estimate of drug-likeness (QED) is 0.801. The Balaban J connectivity index is 1.99. The Morgan fingerprint density at radius 1 is 1.20 bits per heavy atom. The van der Waals surface area contributed by atoms with E-state index in [4.69, 9.17) is 4.74 Å². The first kappa shape index (κ1) is 18.8. The predicted molar refractivity (Wildman–Crippen MR) is 94.1 cm³/mol. The van der Waals surface area contributed by atoms with Gasteiger partial charge in [-0.15, -0.1) is 0 Å². The van der Waals surface area contributed by atoms with Gasteiger partial charge in [-0.2, -0.15) is 0 Å². The Morgan fingerprint density at radius 3 is 2.60 bits per heavy atom. The molecule has 1 N–H and O–H groups in total. The maximum atomic E-state index is 13.1. The predicted octanol–water partition coefficient (Wildman–Crippen LogP) is 2.89. The van der Waals surface area contributed by atoms with E-state index in [1.54, 1.807) is 30.5 Å². The first-order valence-corrected chi connectivity index (χ1v) is 9.24. The largest absolute Gasteiger partial charge is 0.449 e. The summed E-state index contributed by atoms with van der Waals surface area (Å²) >= 11 is 0. The molecular formula is C18H18FNO4S. The van der Waals surface area contributed by atoms with E-state index in [0.29, 0.717) is 5.75 Å². The van der Waals surface area contributed by atoms with E-state index in [2.05, 4.69) is 5.32 Å². The molecule has 5 nitrogen and oxygen atoms in total. The second-order valence-corrected chi connectivity index (χ2v) is 6.90. The van der Waals surface area contributed by atoms with Crippen molar-refractivity contribution in [3.05, 3.63) is 65.5 Å². The summed E-state index contributed by atoms with van der Waals surface area (Å²) in [4.78, 5) is 24.2. The summed E-state index contributed by atoms with van der Waals surface area (Å²) in [6, 6.07) is 12.0. The molecule has 0 aliphatic heterocycles. The van der Waals surface area contributed by atoms with Crippen LogP contribution in [0.15, 0.2) is 48.5 Å². The zero-order valence-electron chi connectivity index (χ0n) is 13.8. The lowest BCUT2D eigenvalue weighted by molar-refractivity contribution is -0.123. The Hall–Kier alpha value is -2.54. The van der Waals surface area contributed by atoms with Crippen molar-refractivity contribution in [3.8, 4) is 0 Å². The number of amides is 1. The van der Waals surface area contributed by atoms with E-state index in [1.165, 1.54) is 31.2 Å². The van der Waals surface area contributed by atoms with Crippen molar-refractivity contribution in [2.45, 2.75) is 18.8 Å². The lowest BCUT2D eigenvalue weighted by Crippen LogP contribution is -2.30. The number of hydrogen-bond acceptors (Lipinski definition) is 4. The molecule has 0 spiro atoms. The van der Waals surface area contributed by atoms with Gasteiger partial charge in [-0.25, -0.2) is 9.18 Å². The second-order valence-electron chi connectivity index (χ2n) is 5.47. The molecule has 132 valence electrons. The molecule has 0 aliphatic rings. The van der Waals surface area contributed by atoms with Crippen LogP contribution < -0.4 is 5.32 Å². The van der Waals surface area contributed by atoms with Gasteiger partial charge < -0.3 is 10.1 Å². The van der Waals surface area contributed by atoms with E-state index in [9.17, 15) is 18.2 Å². The lowest BCUT2D eigenvalue weighted by Gasteiger charge is -2.14. The third-order valence-corrected chi connectivity index (χ3v) is 4.02. The molecule has 7 heteroatoms. The summed E-state index contributed by atoms with van der Waals surface area (Å²) in [5, 5.41) is 2.48. The number of esters is 1. The van der Waals surface area contributed by atoms with Crippen LogP contribution in [0.25, 0.3) is 0 Å². The average Bonchev–Trinajstić information content (AvgIpc) is 2.54. The Labute approximate surface area is 147 Å². The van der Waals surface area contributed by atoms with E-state index >= 15 is 0 Å². The minimum Gasteiger partial charge on any atom is -0.449 e. The van der Waals surface area contributed by atoms with Gasteiger partial charge in [-0.05, 0) is 42.8 Å². The highest BCUT2D eigenvalue weighted by molar-refractivity contribution is 7.83. The van der Waals surface area contributed by atoms with Crippen molar-refractivity contribution >= 4 is 28.4 Å². The highest BCUT2D eigenvalue weighted by atomic mass is 32.2. The van der Waals surface area contributed by atoms with E-state index in [1.807, 2.05) is 0 Å². The normalized spacial score (nSPS) is 12.9. The van der Waals surface area contributed by atoms with Crippen molar-refractivity contribution in [2.24, 2.45) is 0 Å². The van der Waals surface area contributed by atoms with Gasteiger partial charge in [0.25, 0.3) is 5.91 Å². The van der Waals surface area contributed by atoms with Crippen LogP contribution in [0.5, 0.6) is 0 Å². The first-order valence-electron chi connectivity index (χ1n) is 7.51. The maximum absolute atomic E-state index is 13.1. The molecule has 2 rings (SSSR count). The molecule has 0 heterocycles. The molecule has 2 aromatic rings. The third-order valence-electron chi connectivity index (χ3n) is 3.28. The smallest absolute Gasteiger partial charge is 0.338 e. The standard InChI is InChI=1S/C18H18FNO4S/c1-12(17(21)20-16-8-4-7-15(19)10-16)24-18(22)14-6-3-5-13(9-14)11-25(2)23/h3-10,12H,11H2,1-2H3,(H,20,21). The number of rotatable bonds is 6. The third kappa shape index (κ3) is 5.79. The summed E-state index contributed by atoms with van der Waals surface area (Å²) < 4.78 is 29.5. The summed E-state index contributed by atoms with van der Waals surface area (Å²) in [5.41, 5.74) is 1.29. The van der Waals surface area contributed by atoms with Crippen LogP contribution in [-0.2, 0) is 26.1 Å². The van der Waals surface area contributed by atoms with Gasteiger partial charge in [-0.3, -0.25) is 9.00 Å². The van der Waals surface area contributed by atoms with E-state index in [0.717, 1.165) is 5.56 Å². The van der Waals surface area contributed by atoms with Gasteiger partial charge in [0.1, 0.15) is 5.82 Å². The minimum atomic E-state index is -1.06. The van der Waals surface area contributed by atoms with Gasteiger partial charge in [0.15, 0.2) is 6.10 Å². The number of carbonyl (C=O) groups excluding carboxylic acids is 2. The van der Waals surface area contributed by atoms with Crippen LogP contribution in [0.3, 0.4) is 0 Å². The van der Waals surface area contributed by atoms with Crippen LogP contribution in [0.2, 0.25) is 0 Å². The fraction of sp³-hybridized carbons (Fsp3) is 0.222. The Morgan fingerprint density at radius 2 is 1.92 bits per heavy atom. The molecule has 0 aliphatic carbocycles. The number of halogens is 1. The van der Waals surface area contributed by atoms with Gasteiger partial charge in [0.2, 0.25) is 0 Å². The second kappa shape index (κ2) is 8.53. The number of nitrogens with one attached hydrogen (secondary N) is 1. The summed E-state index contributed by atoms with van der Waals surface area (Å²) in [6.07, 6.45) is 0.517. The monoisotopic (exact) mass is 363 g/mol. The number of hydrogen-bond donors (Lipinski definition) is 1. The van der Waals surface area contributed by atoms with Crippen LogP contribution in [-0.4, -0.2) is 28.4 Å². The molecule has 2 aromatic carbocycles. The lowest BCUT2D eigenvalue weighted by atomic mass is 10.1. The van der Waals surface area contributed by atoms with E-state index in [-0.39, 0.29) is 11.3 Å². The molecule has 0 radical (unpaired) electrons. The van der Waals surface area contributed by atoms with Crippen LogP contribution in [0.4, 0.5) is 10.1 Å². The molecule has 0 bridgehead atoms. The molecule has 2 atom stereocenters. The summed E-state index contributed by atoms with van der Waals surface area (Å²) in [7, 11) is -1.03. The molecule has 1 amide bonds. The van der Waals surface area contributed by atoms with Crippen molar-refractivity contribution in [1.82, 2.24) is 0 Å². The Kier molecular flexibility index (Phi) is 6.41. The molecule has 0 aromatic heterocycles. The van der Waals surface area contributed by atoms with Gasteiger partial charge in [0, 0.05) is 28.5 Å². The fourth-order valence-corrected chi connectivity index (χ4v) is 2.76. The zero-order valence-corrected chi connectivity index (χ0v) is 14.6. The van der Waals surface area contributed by atoms with Gasteiger partial charge in [-0.1, -0.05) is 18.2 Å². The summed E-state index contributed by atoms with van der Waals surface area (Å²) in [5.74, 6) is -1.38. The van der Waals surface area contributed by atoms with Crippen molar-refractivity contribution in [2.75, 3.05) is 11.6 Å². The zero-order chi connectivity index (χ0) is 18.4.